The van der Waals surface area contributed by atoms with E-state index in [9.17, 15) is 0 Å². The minimum atomic E-state index is 0. The normalized spacial score (nSPS) is 10.7. The highest BCUT2D eigenvalue weighted by molar-refractivity contribution is 14.0. The van der Waals surface area contributed by atoms with Crippen LogP contribution >= 0.6 is 24.0 Å². The van der Waals surface area contributed by atoms with Gasteiger partial charge in [-0.2, -0.15) is 0 Å². The van der Waals surface area contributed by atoms with Crippen LogP contribution in [-0.4, -0.2) is 33.8 Å². The van der Waals surface area contributed by atoms with Gasteiger partial charge < -0.3 is 24.8 Å². The number of hydrogen-bond acceptors (Lipinski definition) is 4. The van der Waals surface area contributed by atoms with Crippen LogP contribution in [0, 0.1) is 0 Å². The molecular formula is C20H28IN3O3. The SMILES string of the molecule is CCOCc1ccccc1CNC(=NC)Nc1ccc(OC)c(OC)c1.I. The van der Waals surface area contributed by atoms with Crippen LogP contribution in [0.5, 0.6) is 11.5 Å². The van der Waals surface area contributed by atoms with Crippen LogP contribution in [0.1, 0.15) is 18.1 Å². The van der Waals surface area contributed by atoms with Gasteiger partial charge >= 0.3 is 0 Å². The van der Waals surface area contributed by atoms with Crippen LogP contribution in [0.25, 0.3) is 0 Å². The van der Waals surface area contributed by atoms with Crippen LogP contribution in [0.3, 0.4) is 0 Å². The number of aliphatic imine (C=N–C) groups is 1. The summed E-state index contributed by atoms with van der Waals surface area (Å²) in [6, 6.07) is 13.9. The molecule has 27 heavy (non-hydrogen) atoms. The first-order valence-corrected chi connectivity index (χ1v) is 8.56. The average Bonchev–Trinajstić information content (AvgIpc) is 2.69. The third-order valence-corrected chi connectivity index (χ3v) is 3.90. The minimum absolute atomic E-state index is 0. The Bertz CT molecular complexity index is 738. The lowest BCUT2D eigenvalue weighted by Gasteiger charge is -2.15. The summed E-state index contributed by atoms with van der Waals surface area (Å²) in [4.78, 5) is 4.28. The van der Waals surface area contributed by atoms with Crippen molar-refractivity contribution in [1.29, 1.82) is 0 Å². The van der Waals surface area contributed by atoms with Crippen LogP contribution in [0.4, 0.5) is 5.69 Å². The Morgan fingerprint density at radius 3 is 2.33 bits per heavy atom. The first-order chi connectivity index (χ1) is 12.7. The lowest BCUT2D eigenvalue weighted by atomic mass is 10.1. The van der Waals surface area contributed by atoms with Crippen molar-refractivity contribution in [2.75, 3.05) is 33.2 Å². The number of ether oxygens (including phenoxy) is 3. The highest BCUT2D eigenvalue weighted by Crippen LogP contribution is 2.29. The summed E-state index contributed by atoms with van der Waals surface area (Å²) < 4.78 is 16.1. The van der Waals surface area contributed by atoms with Crippen molar-refractivity contribution in [1.82, 2.24) is 5.32 Å². The zero-order valence-electron chi connectivity index (χ0n) is 16.2. The fraction of sp³-hybridized carbons (Fsp3) is 0.350. The van der Waals surface area contributed by atoms with Gasteiger partial charge in [0.1, 0.15) is 0 Å². The number of hydrogen-bond donors (Lipinski definition) is 2. The van der Waals surface area contributed by atoms with Gasteiger partial charge in [-0.15, -0.1) is 24.0 Å². The molecule has 0 saturated heterocycles. The number of nitrogens with zero attached hydrogens (tertiary/aromatic N) is 1. The van der Waals surface area contributed by atoms with E-state index in [1.165, 1.54) is 11.1 Å². The summed E-state index contributed by atoms with van der Waals surface area (Å²) in [5, 5.41) is 6.59. The molecule has 7 heteroatoms. The zero-order valence-corrected chi connectivity index (χ0v) is 18.6. The highest BCUT2D eigenvalue weighted by Gasteiger charge is 2.07. The fourth-order valence-electron chi connectivity index (χ4n) is 2.49. The molecule has 2 aromatic rings. The smallest absolute Gasteiger partial charge is 0.195 e. The molecular weight excluding hydrogens is 457 g/mol. The van der Waals surface area contributed by atoms with Gasteiger partial charge in [0.15, 0.2) is 17.5 Å². The number of guanidine groups is 1. The Balaban J connectivity index is 0.00000364. The summed E-state index contributed by atoms with van der Waals surface area (Å²) in [6.45, 7) is 3.95. The lowest BCUT2D eigenvalue weighted by Crippen LogP contribution is -2.30. The minimum Gasteiger partial charge on any atom is -0.493 e. The first-order valence-electron chi connectivity index (χ1n) is 8.56. The summed E-state index contributed by atoms with van der Waals surface area (Å²) in [5.74, 6) is 2.02. The molecule has 148 valence electrons. The molecule has 0 fully saturated rings. The zero-order chi connectivity index (χ0) is 18.8. The quantitative estimate of drug-likeness (QED) is 0.336. The molecule has 0 unspecified atom stereocenters. The van der Waals surface area contributed by atoms with E-state index in [2.05, 4.69) is 27.8 Å². The standard InChI is InChI=1S/C20H27N3O3.HI/c1-5-26-14-16-9-7-6-8-15(16)13-22-20(21-2)23-17-10-11-18(24-3)19(12-17)25-4;/h6-12H,5,13-14H2,1-4H3,(H2,21,22,23);1H. The Hall–Kier alpha value is -2.00. The molecule has 0 heterocycles. The van der Waals surface area contributed by atoms with Gasteiger partial charge in [0.25, 0.3) is 0 Å². The Labute approximate surface area is 178 Å². The van der Waals surface area contributed by atoms with Crippen molar-refractivity contribution in [3.8, 4) is 11.5 Å². The maximum Gasteiger partial charge on any atom is 0.195 e. The predicted octanol–water partition coefficient (Wildman–Crippen LogP) is 4.05. The molecule has 0 spiro atoms. The summed E-state index contributed by atoms with van der Waals surface area (Å²) >= 11 is 0. The largest absolute Gasteiger partial charge is 0.493 e. The molecule has 0 radical (unpaired) electrons. The monoisotopic (exact) mass is 485 g/mol. The van der Waals surface area contributed by atoms with E-state index in [0.717, 1.165) is 5.69 Å². The van der Waals surface area contributed by atoms with Crippen molar-refractivity contribution < 1.29 is 14.2 Å². The van der Waals surface area contributed by atoms with Crippen molar-refractivity contribution >= 4 is 35.6 Å². The Kier molecular flexibility index (Phi) is 10.6. The van der Waals surface area contributed by atoms with Crippen LogP contribution in [-0.2, 0) is 17.9 Å². The van der Waals surface area contributed by atoms with Gasteiger partial charge in [-0.05, 0) is 30.2 Å². The average molecular weight is 485 g/mol. The van der Waals surface area contributed by atoms with Gasteiger partial charge in [-0.1, -0.05) is 24.3 Å². The molecule has 2 N–H and O–H groups in total. The second-order valence-electron chi connectivity index (χ2n) is 5.53. The fourth-order valence-corrected chi connectivity index (χ4v) is 2.49. The molecule has 0 aliphatic heterocycles. The van der Waals surface area contributed by atoms with E-state index in [0.29, 0.717) is 37.2 Å². The van der Waals surface area contributed by atoms with Crippen LogP contribution in [0.2, 0.25) is 0 Å². The van der Waals surface area contributed by atoms with Gasteiger partial charge in [0.05, 0.1) is 20.8 Å². The summed E-state index contributed by atoms with van der Waals surface area (Å²) in [7, 11) is 4.97. The van der Waals surface area contributed by atoms with E-state index in [-0.39, 0.29) is 24.0 Å². The second-order valence-corrected chi connectivity index (χ2v) is 5.53. The Morgan fingerprint density at radius 2 is 1.70 bits per heavy atom. The van der Waals surface area contributed by atoms with Crippen molar-refractivity contribution in [2.24, 2.45) is 4.99 Å². The number of benzene rings is 2. The van der Waals surface area contributed by atoms with Crippen molar-refractivity contribution in [2.45, 2.75) is 20.1 Å². The van der Waals surface area contributed by atoms with Gasteiger partial charge in [-0.3, -0.25) is 4.99 Å². The third kappa shape index (κ3) is 6.91. The molecule has 0 aliphatic carbocycles. The van der Waals surface area contributed by atoms with Gasteiger partial charge in [0, 0.05) is 32.0 Å². The maximum atomic E-state index is 5.54. The van der Waals surface area contributed by atoms with Gasteiger partial charge in [0.2, 0.25) is 0 Å². The molecule has 0 aromatic heterocycles. The third-order valence-electron chi connectivity index (χ3n) is 3.90. The van der Waals surface area contributed by atoms with E-state index in [4.69, 9.17) is 14.2 Å². The van der Waals surface area contributed by atoms with E-state index >= 15 is 0 Å². The molecule has 0 saturated carbocycles. The summed E-state index contributed by atoms with van der Waals surface area (Å²) in [6.07, 6.45) is 0. The highest BCUT2D eigenvalue weighted by atomic mass is 127. The van der Waals surface area contributed by atoms with Crippen LogP contribution < -0.4 is 20.1 Å². The van der Waals surface area contributed by atoms with E-state index < -0.39 is 0 Å². The van der Waals surface area contributed by atoms with Crippen LogP contribution in [0.15, 0.2) is 47.5 Å². The summed E-state index contributed by atoms with van der Waals surface area (Å²) in [5.41, 5.74) is 3.21. The molecule has 0 atom stereocenters. The number of rotatable bonds is 8. The molecule has 2 aromatic carbocycles. The van der Waals surface area contributed by atoms with E-state index in [1.54, 1.807) is 21.3 Å². The Morgan fingerprint density at radius 1 is 1.00 bits per heavy atom. The molecule has 0 aliphatic rings. The maximum absolute atomic E-state index is 5.54. The number of methoxy groups -OCH3 is 2. The number of halogens is 1. The predicted molar refractivity (Wildman–Crippen MR) is 121 cm³/mol. The molecule has 0 amide bonds. The topological polar surface area (TPSA) is 64.1 Å². The number of anilines is 1. The first kappa shape index (κ1) is 23.0. The van der Waals surface area contributed by atoms with Gasteiger partial charge in [-0.25, -0.2) is 0 Å². The van der Waals surface area contributed by atoms with E-state index in [1.807, 2.05) is 37.3 Å². The molecule has 2 rings (SSSR count). The molecule has 0 bridgehead atoms. The second kappa shape index (κ2) is 12.4. The number of nitrogens with one attached hydrogen (secondary N) is 2. The van der Waals surface area contributed by atoms with Crippen molar-refractivity contribution in [3.63, 3.8) is 0 Å². The lowest BCUT2D eigenvalue weighted by molar-refractivity contribution is 0.133. The van der Waals surface area contributed by atoms with Crippen molar-refractivity contribution in [3.05, 3.63) is 53.6 Å². The molecule has 6 nitrogen and oxygen atoms in total.